The van der Waals surface area contributed by atoms with Crippen LogP contribution in [0.4, 0.5) is 0 Å². The van der Waals surface area contributed by atoms with Crippen LogP contribution in [0, 0.1) is 13.8 Å². The summed E-state index contributed by atoms with van der Waals surface area (Å²) >= 11 is 1.74. The zero-order valence-electron chi connectivity index (χ0n) is 14.1. The highest BCUT2D eigenvalue weighted by molar-refractivity contribution is 7.88. The van der Waals surface area contributed by atoms with Crippen molar-refractivity contribution >= 4 is 21.4 Å². The summed E-state index contributed by atoms with van der Waals surface area (Å²) in [6.07, 6.45) is 1.88. The van der Waals surface area contributed by atoms with E-state index in [-0.39, 0.29) is 0 Å². The molecule has 2 aromatic rings. The Morgan fingerprint density at radius 1 is 1.33 bits per heavy atom. The quantitative estimate of drug-likeness (QED) is 0.818. The van der Waals surface area contributed by atoms with Crippen LogP contribution in [0.15, 0.2) is 16.0 Å². The standard InChI is InChI=1S/C15H22N4O3S2/c1-11-5-9-23-14(11)10-18-6-4-13(15-16-12(2)17-22-15)19(8-7-18)24(3,20)21/h5,9,13H,4,6-8,10H2,1-3H3. The third kappa shape index (κ3) is 3.85. The van der Waals surface area contributed by atoms with Gasteiger partial charge in [0.25, 0.3) is 0 Å². The van der Waals surface area contributed by atoms with Gasteiger partial charge in [0.15, 0.2) is 5.82 Å². The molecule has 1 aliphatic rings. The first-order chi connectivity index (χ1) is 11.3. The molecule has 9 heteroatoms. The van der Waals surface area contributed by atoms with Gasteiger partial charge in [-0.05, 0) is 37.3 Å². The fourth-order valence-electron chi connectivity index (χ4n) is 2.98. The van der Waals surface area contributed by atoms with Gasteiger partial charge in [-0.1, -0.05) is 5.16 Å². The molecule has 0 aliphatic carbocycles. The van der Waals surface area contributed by atoms with Gasteiger partial charge in [0.1, 0.15) is 6.04 Å². The molecule has 0 aromatic carbocycles. The zero-order valence-corrected chi connectivity index (χ0v) is 15.7. The maximum absolute atomic E-state index is 12.2. The summed E-state index contributed by atoms with van der Waals surface area (Å²) in [4.78, 5) is 7.87. The fourth-order valence-corrected chi connectivity index (χ4v) is 4.99. The summed E-state index contributed by atoms with van der Waals surface area (Å²) < 4.78 is 31.2. The Labute approximate surface area is 146 Å². The molecule has 0 amide bonds. The van der Waals surface area contributed by atoms with Crippen molar-refractivity contribution in [3.63, 3.8) is 0 Å². The van der Waals surface area contributed by atoms with Crippen LogP contribution in [0.2, 0.25) is 0 Å². The predicted molar refractivity (Wildman–Crippen MR) is 92.3 cm³/mol. The van der Waals surface area contributed by atoms with Crippen molar-refractivity contribution < 1.29 is 12.9 Å². The number of sulfonamides is 1. The highest BCUT2D eigenvalue weighted by atomic mass is 32.2. The van der Waals surface area contributed by atoms with Crippen molar-refractivity contribution in [1.29, 1.82) is 0 Å². The molecule has 2 aromatic heterocycles. The number of aromatic nitrogens is 2. The molecule has 1 atom stereocenters. The number of rotatable bonds is 4. The average Bonchev–Trinajstić information content (AvgIpc) is 3.02. The van der Waals surface area contributed by atoms with Gasteiger partial charge in [-0.25, -0.2) is 8.42 Å². The third-order valence-corrected chi connectivity index (χ3v) is 6.59. The van der Waals surface area contributed by atoms with Gasteiger partial charge in [-0.15, -0.1) is 11.3 Å². The van der Waals surface area contributed by atoms with E-state index in [4.69, 9.17) is 4.52 Å². The monoisotopic (exact) mass is 370 g/mol. The van der Waals surface area contributed by atoms with Gasteiger partial charge in [0.2, 0.25) is 15.9 Å². The topological polar surface area (TPSA) is 79.5 Å². The molecular formula is C15H22N4O3S2. The van der Waals surface area contributed by atoms with Crippen molar-refractivity contribution in [2.24, 2.45) is 0 Å². The largest absolute Gasteiger partial charge is 0.338 e. The first kappa shape index (κ1) is 17.5. The highest BCUT2D eigenvalue weighted by Gasteiger charge is 2.34. The minimum absolute atomic E-state index is 0.382. The lowest BCUT2D eigenvalue weighted by molar-refractivity contribution is 0.257. The SMILES string of the molecule is Cc1noc(C2CCN(Cc3sccc3C)CCN2S(C)(=O)=O)n1. The summed E-state index contributed by atoms with van der Waals surface area (Å²) in [5, 5.41) is 5.90. The first-order valence-corrected chi connectivity index (χ1v) is 10.6. The van der Waals surface area contributed by atoms with E-state index in [1.807, 2.05) is 0 Å². The molecule has 3 heterocycles. The van der Waals surface area contributed by atoms with E-state index in [1.165, 1.54) is 21.0 Å². The summed E-state index contributed by atoms with van der Waals surface area (Å²) in [7, 11) is -3.35. The lowest BCUT2D eigenvalue weighted by Crippen LogP contribution is -2.36. The van der Waals surface area contributed by atoms with E-state index in [9.17, 15) is 8.42 Å². The van der Waals surface area contributed by atoms with Crippen molar-refractivity contribution in [3.8, 4) is 0 Å². The summed E-state index contributed by atoms with van der Waals surface area (Å²) in [6.45, 7) is 6.59. The number of hydrogen-bond acceptors (Lipinski definition) is 7. The molecule has 0 N–H and O–H groups in total. The second-order valence-corrected chi connectivity index (χ2v) is 9.10. The Morgan fingerprint density at radius 3 is 2.71 bits per heavy atom. The summed E-state index contributed by atoms with van der Waals surface area (Å²) in [6, 6.07) is 1.72. The summed E-state index contributed by atoms with van der Waals surface area (Å²) in [5.74, 6) is 0.904. The third-order valence-electron chi connectivity index (χ3n) is 4.29. The van der Waals surface area contributed by atoms with Gasteiger partial charge < -0.3 is 4.52 Å². The number of nitrogens with zero attached hydrogens (tertiary/aromatic N) is 4. The van der Waals surface area contributed by atoms with Gasteiger partial charge in [0, 0.05) is 31.1 Å². The normalized spacial score (nSPS) is 21.0. The molecule has 7 nitrogen and oxygen atoms in total. The van der Waals surface area contributed by atoms with Gasteiger partial charge in [0.05, 0.1) is 6.26 Å². The van der Waals surface area contributed by atoms with Gasteiger partial charge in [-0.3, -0.25) is 4.90 Å². The van der Waals surface area contributed by atoms with Crippen LogP contribution in [-0.2, 0) is 16.6 Å². The van der Waals surface area contributed by atoms with Crippen molar-refractivity contribution in [2.45, 2.75) is 32.9 Å². The molecule has 0 radical (unpaired) electrons. The van der Waals surface area contributed by atoms with Crippen molar-refractivity contribution in [3.05, 3.63) is 33.6 Å². The molecule has 0 spiro atoms. The maximum atomic E-state index is 12.2. The van der Waals surface area contributed by atoms with E-state index in [0.717, 1.165) is 13.1 Å². The second-order valence-electron chi connectivity index (χ2n) is 6.16. The lowest BCUT2D eigenvalue weighted by Gasteiger charge is -2.24. The highest BCUT2D eigenvalue weighted by Crippen LogP contribution is 2.29. The molecule has 132 valence electrons. The molecule has 0 bridgehead atoms. The Hall–Kier alpha value is -1.29. The van der Waals surface area contributed by atoms with E-state index in [0.29, 0.717) is 31.2 Å². The lowest BCUT2D eigenvalue weighted by atomic mass is 10.2. The number of aryl methyl sites for hydroxylation is 2. The van der Waals surface area contributed by atoms with Crippen LogP contribution in [-0.4, -0.2) is 53.7 Å². The van der Waals surface area contributed by atoms with E-state index >= 15 is 0 Å². The molecule has 24 heavy (non-hydrogen) atoms. The maximum Gasteiger partial charge on any atom is 0.245 e. The molecule has 1 unspecified atom stereocenters. The first-order valence-electron chi connectivity index (χ1n) is 7.87. The van der Waals surface area contributed by atoms with Crippen LogP contribution in [0.1, 0.15) is 34.6 Å². The smallest absolute Gasteiger partial charge is 0.245 e. The van der Waals surface area contributed by atoms with Crippen LogP contribution in [0.25, 0.3) is 0 Å². The zero-order chi connectivity index (χ0) is 17.3. The van der Waals surface area contributed by atoms with Crippen molar-refractivity contribution in [1.82, 2.24) is 19.3 Å². The van der Waals surface area contributed by atoms with Crippen LogP contribution < -0.4 is 0 Å². The van der Waals surface area contributed by atoms with Crippen LogP contribution in [0.5, 0.6) is 0 Å². The average molecular weight is 371 g/mol. The second kappa shape index (κ2) is 6.91. The molecule has 0 saturated carbocycles. The fraction of sp³-hybridized carbons (Fsp3) is 0.600. The molecule has 1 saturated heterocycles. The van der Waals surface area contributed by atoms with Crippen LogP contribution >= 0.6 is 11.3 Å². The van der Waals surface area contributed by atoms with Gasteiger partial charge >= 0.3 is 0 Å². The molecular weight excluding hydrogens is 348 g/mol. The minimum Gasteiger partial charge on any atom is -0.338 e. The summed E-state index contributed by atoms with van der Waals surface area (Å²) in [5.41, 5.74) is 1.29. The number of hydrogen-bond donors (Lipinski definition) is 0. The molecule has 3 rings (SSSR count). The number of thiophene rings is 1. The van der Waals surface area contributed by atoms with Crippen molar-refractivity contribution in [2.75, 3.05) is 25.9 Å². The van der Waals surface area contributed by atoms with E-state index in [2.05, 4.69) is 33.4 Å². The predicted octanol–water partition coefficient (Wildman–Crippen LogP) is 1.96. The van der Waals surface area contributed by atoms with Gasteiger partial charge in [-0.2, -0.15) is 9.29 Å². The van der Waals surface area contributed by atoms with E-state index < -0.39 is 16.1 Å². The Kier molecular flexibility index (Phi) is 5.05. The van der Waals surface area contributed by atoms with Crippen LogP contribution in [0.3, 0.4) is 0 Å². The molecule has 1 aliphatic heterocycles. The minimum atomic E-state index is -3.35. The molecule has 1 fully saturated rings. The Balaban J connectivity index is 1.80. The Morgan fingerprint density at radius 2 is 2.12 bits per heavy atom. The van der Waals surface area contributed by atoms with E-state index in [1.54, 1.807) is 18.3 Å². The Bertz CT molecular complexity index is 799.